The predicted molar refractivity (Wildman–Crippen MR) is 112 cm³/mol. The highest BCUT2D eigenvalue weighted by molar-refractivity contribution is 7.86. The number of carbonyl (C=O) groups is 1. The lowest BCUT2D eigenvalue weighted by molar-refractivity contribution is -0.0148. The van der Waals surface area contributed by atoms with E-state index >= 15 is 0 Å². The number of terminal acetylenes is 1. The fourth-order valence-electron chi connectivity index (χ4n) is 3.34. The number of fused-ring (bicyclic) bond motifs is 1. The van der Waals surface area contributed by atoms with Crippen LogP contribution in [0.5, 0.6) is 0 Å². The van der Waals surface area contributed by atoms with Crippen LogP contribution in [0.3, 0.4) is 0 Å². The number of pyridine rings is 1. The third kappa shape index (κ3) is 4.91. The summed E-state index contributed by atoms with van der Waals surface area (Å²) in [7, 11) is -3.76. The molecule has 1 fully saturated rings. The van der Waals surface area contributed by atoms with Gasteiger partial charge >= 0.3 is 0 Å². The largest absolute Gasteiger partial charge is 0.352 e. The smallest absolute Gasteiger partial charge is 0.278 e. The minimum atomic E-state index is -3.76. The Kier molecular flexibility index (Phi) is 6.40. The maximum absolute atomic E-state index is 12.3. The molecule has 0 aromatic carbocycles. The Morgan fingerprint density at radius 1 is 1.34 bits per heavy atom. The first-order valence-electron chi connectivity index (χ1n) is 9.77. The Morgan fingerprint density at radius 2 is 2.22 bits per heavy atom. The summed E-state index contributed by atoms with van der Waals surface area (Å²) < 4.78 is 35.9. The molecule has 0 saturated carbocycles. The Morgan fingerprint density at radius 3 is 3.00 bits per heavy atom. The van der Waals surface area contributed by atoms with Crippen LogP contribution in [0.4, 0.5) is 0 Å². The Balaban J connectivity index is 1.42. The zero-order valence-corrected chi connectivity index (χ0v) is 17.7. The van der Waals surface area contributed by atoms with Crippen molar-refractivity contribution in [2.45, 2.75) is 31.7 Å². The van der Waals surface area contributed by atoms with E-state index < -0.39 is 22.0 Å². The van der Waals surface area contributed by atoms with Crippen LogP contribution in [0.1, 0.15) is 35.1 Å². The van der Waals surface area contributed by atoms with Gasteiger partial charge in [-0.15, -0.1) is 6.42 Å². The minimum absolute atomic E-state index is 0.103. The summed E-state index contributed by atoms with van der Waals surface area (Å²) in [4.78, 5) is 29.1. The molecule has 4 heterocycles. The van der Waals surface area contributed by atoms with Gasteiger partial charge in [0.25, 0.3) is 16.0 Å². The summed E-state index contributed by atoms with van der Waals surface area (Å²) in [6.45, 7) is 0.0620. The fourth-order valence-corrected chi connectivity index (χ4v) is 3.99. The van der Waals surface area contributed by atoms with E-state index in [0.717, 1.165) is 0 Å². The first kappa shape index (κ1) is 21.8. The lowest BCUT2D eigenvalue weighted by Gasteiger charge is -2.15. The molecule has 1 N–H and O–H groups in total. The molecule has 0 radical (unpaired) electrons. The molecule has 0 aliphatic carbocycles. The number of imidazole rings is 1. The molecule has 2 atom stereocenters. The first-order chi connectivity index (χ1) is 15.5. The van der Waals surface area contributed by atoms with Crippen molar-refractivity contribution in [2.24, 2.45) is 0 Å². The van der Waals surface area contributed by atoms with Crippen molar-refractivity contribution in [3.63, 3.8) is 0 Å². The average molecular weight is 456 g/mol. The normalized spacial score (nSPS) is 18.5. The number of nitrogens with zero attached hydrogens (tertiary/aromatic N) is 5. The second-order valence-corrected chi connectivity index (χ2v) is 8.69. The van der Waals surface area contributed by atoms with E-state index in [4.69, 9.17) is 15.3 Å². The first-order valence-corrected chi connectivity index (χ1v) is 11.4. The van der Waals surface area contributed by atoms with Crippen molar-refractivity contribution >= 4 is 27.2 Å². The van der Waals surface area contributed by atoms with Crippen molar-refractivity contribution < 1.29 is 22.1 Å². The molecular weight excluding hydrogens is 436 g/mol. The van der Waals surface area contributed by atoms with E-state index in [0.29, 0.717) is 35.3 Å². The van der Waals surface area contributed by atoms with Gasteiger partial charge in [0.2, 0.25) is 0 Å². The van der Waals surface area contributed by atoms with Crippen LogP contribution in [0.15, 0.2) is 37.2 Å². The molecule has 0 bridgehead atoms. The lowest BCUT2D eigenvalue weighted by atomic mass is 10.2. The van der Waals surface area contributed by atoms with E-state index in [1.165, 1.54) is 12.5 Å². The Hall–Kier alpha value is -3.40. The van der Waals surface area contributed by atoms with Crippen LogP contribution in [-0.2, 0) is 25.6 Å². The van der Waals surface area contributed by atoms with E-state index in [1.54, 1.807) is 29.2 Å². The highest BCUT2D eigenvalue weighted by Crippen LogP contribution is 2.31. The number of nitrogens with one attached hydrogen (secondary N) is 1. The van der Waals surface area contributed by atoms with E-state index in [2.05, 4.69) is 31.2 Å². The SMILES string of the molecule is C#CCS(=O)(=O)OCC1CCC(n2cnc3c(CNC(=O)c4cccnc4)ncnc32)O1. The maximum atomic E-state index is 12.3. The van der Waals surface area contributed by atoms with Gasteiger partial charge in [0.15, 0.2) is 5.65 Å². The van der Waals surface area contributed by atoms with Crippen molar-refractivity contribution in [1.82, 2.24) is 29.8 Å². The van der Waals surface area contributed by atoms with Gasteiger partial charge in [0.05, 0.1) is 36.8 Å². The lowest BCUT2D eigenvalue weighted by Crippen LogP contribution is -2.23. The third-order valence-electron chi connectivity index (χ3n) is 4.86. The minimum Gasteiger partial charge on any atom is -0.352 e. The molecule has 4 rings (SSSR count). The van der Waals surface area contributed by atoms with Crippen LogP contribution >= 0.6 is 0 Å². The molecule has 2 unspecified atom stereocenters. The van der Waals surface area contributed by atoms with E-state index in [-0.39, 0.29) is 25.3 Å². The highest BCUT2D eigenvalue weighted by atomic mass is 32.2. The quantitative estimate of drug-likeness (QED) is 0.385. The summed E-state index contributed by atoms with van der Waals surface area (Å²) in [5, 5.41) is 2.80. The molecular formula is C20H20N6O5S. The van der Waals surface area contributed by atoms with Crippen LogP contribution in [0.25, 0.3) is 11.2 Å². The van der Waals surface area contributed by atoms with Crippen molar-refractivity contribution in [2.75, 3.05) is 12.4 Å². The molecule has 3 aromatic heterocycles. The molecule has 3 aromatic rings. The standard InChI is InChI=1S/C20H20N6O5S/c1-2-8-32(28,29)30-11-15-5-6-17(31-15)26-13-25-18-16(23-12-24-19(18)26)10-22-20(27)14-4-3-7-21-9-14/h1,3-4,7,9,12-13,15,17H,5-6,8,10-11H2,(H,22,27). The van der Waals surface area contributed by atoms with Crippen molar-refractivity contribution in [1.29, 1.82) is 0 Å². The van der Waals surface area contributed by atoms with Gasteiger partial charge in [-0.05, 0) is 25.0 Å². The summed E-state index contributed by atoms with van der Waals surface area (Å²) in [6, 6.07) is 3.35. The van der Waals surface area contributed by atoms with Crippen molar-refractivity contribution in [3.05, 3.63) is 48.4 Å². The molecule has 0 spiro atoms. The second kappa shape index (κ2) is 9.39. The van der Waals surface area contributed by atoms with Gasteiger partial charge in [-0.25, -0.2) is 15.0 Å². The van der Waals surface area contributed by atoms with Gasteiger partial charge in [-0.3, -0.25) is 18.5 Å². The van der Waals surface area contributed by atoms with Crippen LogP contribution in [0, 0.1) is 12.3 Å². The van der Waals surface area contributed by atoms with Crippen molar-refractivity contribution in [3.8, 4) is 12.3 Å². The van der Waals surface area contributed by atoms with Crippen LogP contribution < -0.4 is 5.32 Å². The monoisotopic (exact) mass is 456 g/mol. The predicted octanol–water partition coefficient (Wildman–Crippen LogP) is 0.808. The molecule has 32 heavy (non-hydrogen) atoms. The zero-order chi connectivity index (χ0) is 22.6. The molecule has 12 heteroatoms. The summed E-state index contributed by atoms with van der Waals surface area (Å²) >= 11 is 0. The number of ether oxygens (including phenoxy) is 1. The number of amides is 1. The molecule has 1 saturated heterocycles. The molecule has 1 aliphatic rings. The fraction of sp³-hybridized carbons (Fsp3) is 0.350. The maximum Gasteiger partial charge on any atom is 0.278 e. The summed E-state index contributed by atoms with van der Waals surface area (Å²) in [6.07, 6.45) is 11.6. The third-order valence-corrected chi connectivity index (χ3v) is 5.88. The zero-order valence-electron chi connectivity index (χ0n) is 16.9. The number of hydrogen-bond donors (Lipinski definition) is 1. The average Bonchev–Trinajstić information content (AvgIpc) is 3.44. The summed E-state index contributed by atoms with van der Waals surface area (Å²) in [5.41, 5.74) is 2.10. The molecule has 1 aliphatic heterocycles. The van der Waals surface area contributed by atoms with Gasteiger partial charge in [0, 0.05) is 12.4 Å². The molecule has 166 valence electrons. The van der Waals surface area contributed by atoms with Gasteiger partial charge in [-0.2, -0.15) is 8.42 Å². The van der Waals surface area contributed by atoms with Gasteiger partial charge < -0.3 is 10.1 Å². The second-order valence-electron chi connectivity index (χ2n) is 7.05. The van der Waals surface area contributed by atoms with E-state index in [9.17, 15) is 13.2 Å². The summed E-state index contributed by atoms with van der Waals surface area (Å²) in [5.74, 6) is 1.30. The van der Waals surface area contributed by atoms with Crippen LogP contribution in [-0.4, -0.2) is 57.3 Å². The van der Waals surface area contributed by atoms with Crippen LogP contribution in [0.2, 0.25) is 0 Å². The highest BCUT2D eigenvalue weighted by Gasteiger charge is 2.29. The topological polar surface area (TPSA) is 138 Å². The molecule has 1 amide bonds. The number of rotatable bonds is 8. The van der Waals surface area contributed by atoms with Gasteiger partial charge in [0.1, 0.15) is 23.8 Å². The van der Waals surface area contributed by atoms with E-state index in [1.807, 2.05) is 0 Å². The Labute approximate surface area is 184 Å². The number of carbonyl (C=O) groups excluding carboxylic acids is 1. The number of aromatic nitrogens is 5. The Bertz CT molecular complexity index is 1250. The molecule has 11 nitrogen and oxygen atoms in total. The number of hydrogen-bond acceptors (Lipinski definition) is 9. The van der Waals surface area contributed by atoms with Gasteiger partial charge in [-0.1, -0.05) is 5.92 Å².